The number of hydrogen-bond acceptors (Lipinski definition) is 3. The van der Waals surface area contributed by atoms with E-state index in [2.05, 4.69) is 6.92 Å². The third-order valence-corrected chi connectivity index (χ3v) is 2.35. The molecule has 0 atom stereocenters. The number of carbonyl (C=O) groups is 1. The molecule has 0 amide bonds. The number of rotatable bonds is 6. The first kappa shape index (κ1) is 16.2. The lowest BCUT2D eigenvalue weighted by Crippen LogP contribution is -2.26. The summed E-state index contributed by atoms with van der Waals surface area (Å²) in [5, 5.41) is 0. The third kappa shape index (κ3) is 7.16. The quantitative estimate of drug-likeness (QED) is 0.528. The van der Waals surface area contributed by atoms with Gasteiger partial charge in [0.05, 0.1) is 12.2 Å². The Balaban J connectivity index is 4.76. The zero-order valence-electron chi connectivity index (χ0n) is 12.1. The predicted octanol–water partition coefficient (Wildman–Crippen LogP) is 3.48. The fraction of sp³-hybridized carbons (Fsp3) is 0.786. The molecular formula is C14H26O3. The summed E-state index contributed by atoms with van der Waals surface area (Å²) in [6.07, 6.45) is 3.13. The van der Waals surface area contributed by atoms with E-state index in [1.807, 2.05) is 27.7 Å². The number of esters is 1. The minimum Gasteiger partial charge on any atom is -0.457 e. The van der Waals surface area contributed by atoms with Gasteiger partial charge in [-0.15, -0.1) is 0 Å². The molecule has 0 saturated carbocycles. The van der Waals surface area contributed by atoms with Crippen molar-refractivity contribution in [1.82, 2.24) is 0 Å². The average Bonchev–Trinajstić information content (AvgIpc) is 2.19. The van der Waals surface area contributed by atoms with Crippen molar-refractivity contribution < 1.29 is 14.3 Å². The van der Waals surface area contributed by atoms with Crippen molar-refractivity contribution in [3.05, 3.63) is 11.1 Å². The molecule has 0 N–H and O–H groups in total. The van der Waals surface area contributed by atoms with Crippen molar-refractivity contribution in [2.45, 2.75) is 59.5 Å². The normalized spacial score (nSPS) is 13.3. The van der Waals surface area contributed by atoms with Crippen LogP contribution in [0.1, 0.15) is 53.9 Å². The molecule has 0 aromatic heterocycles. The van der Waals surface area contributed by atoms with Crippen molar-refractivity contribution in [2.75, 3.05) is 13.7 Å². The van der Waals surface area contributed by atoms with Gasteiger partial charge in [0.2, 0.25) is 0 Å². The Kier molecular flexibility index (Phi) is 7.12. The Morgan fingerprint density at radius 1 is 1.24 bits per heavy atom. The summed E-state index contributed by atoms with van der Waals surface area (Å²) in [5.41, 5.74) is 1.28. The summed E-state index contributed by atoms with van der Waals surface area (Å²) in [4.78, 5) is 12.0. The van der Waals surface area contributed by atoms with Gasteiger partial charge in [0, 0.05) is 7.11 Å². The number of allylic oxidation sites excluding steroid dienone is 1. The predicted molar refractivity (Wildman–Crippen MR) is 69.9 cm³/mol. The average molecular weight is 242 g/mol. The SMILES string of the molecule is CCCCC(C)=C(COC)C(=O)OC(C)(C)C. The van der Waals surface area contributed by atoms with Crippen LogP contribution in [0.15, 0.2) is 11.1 Å². The first-order valence-corrected chi connectivity index (χ1v) is 6.22. The van der Waals surface area contributed by atoms with Crippen LogP contribution in [-0.4, -0.2) is 25.3 Å². The van der Waals surface area contributed by atoms with E-state index in [-0.39, 0.29) is 5.97 Å². The fourth-order valence-corrected chi connectivity index (χ4v) is 1.43. The Hall–Kier alpha value is -0.830. The lowest BCUT2D eigenvalue weighted by molar-refractivity contribution is -0.150. The number of unbranched alkanes of at least 4 members (excludes halogenated alkanes) is 1. The van der Waals surface area contributed by atoms with Crippen molar-refractivity contribution in [1.29, 1.82) is 0 Å². The molecule has 0 aliphatic heterocycles. The molecule has 0 aromatic carbocycles. The van der Waals surface area contributed by atoms with Gasteiger partial charge in [-0.2, -0.15) is 0 Å². The molecule has 0 rings (SSSR count). The Morgan fingerprint density at radius 2 is 1.82 bits per heavy atom. The lowest BCUT2D eigenvalue weighted by Gasteiger charge is -2.21. The first-order valence-electron chi connectivity index (χ1n) is 6.22. The topological polar surface area (TPSA) is 35.5 Å². The van der Waals surface area contributed by atoms with Gasteiger partial charge in [0.25, 0.3) is 0 Å². The van der Waals surface area contributed by atoms with Crippen molar-refractivity contribution in [3.8, 4) is 0 Å². The molecule has 0 heterocycles. The van der Waals surface area contributed by atoms with Crippen LogP contribution < -0.4 is 0 Å². The van der Waals surface area contributed by atoms with Crippen molar-refractivity contribution >= 4 is 5.97 Å². The second-order valence-electron chi connectivity index (χ2n) is 5.30. The zero-order valence-corrected chi connectivity index (χ0v) is 12.1. The second-order valence-corrected chi connectivity index (χ2v) is 5.30. The van der Waals surface area contributed by atoms with Crippen LogP contribution >= 0.6 is 0 Å². The summed E-state index contributed by atoms with van der Waals surface area (Å²) < 4.78 is 10.5. The molecule has 0 saturated heterocycles. The highest BCUT2D eigenvalue weighted by Crippen LogP contribution is 2.17. The van der Waals surface area contributed by atoms with Gasteiger partial charge in [-0.1, -0.05) is 18.9 Å². The summed E-state index contributed by atoms with van der Waals surface area (Å²) in [7, 11) is 1.59. The minimum atomic E-state index is -0.457. The van der Waals surface area contributed by atoms with Crippen LogP contribution in [0.4, 0.5) is 0 Å². The van der Waals surface area contributed by atoms with Crippen LogP contribution in [0.25, 0.3) is 0 Å². The largest absolute Gasteiger partial charge is 0.457 e. The highest BCUT2D eigenvalue weighted by molar-refractivity contribution is 5.89. The maximum atomic E-state index is 12.0. The smallest absolute Gasteiger partial charge is 0.336 e. The van der Waals surface area contributed by atoms with Gasteiger partial charge in [-0.25, -0.2) is 4.79 Å². The molecule has 0 aromatic rings. The molecule has 0 radical (unpaired) electrons. The molecule has 17 heavy (non-hydrogen) atoms. The van der Waals surface area contributed by atoms with E-state index in [1.54, 1.807) is 7.11 Å². The van der Waals surface area contributed by atoms with Gasteiger partial charge >= 0.3 is 5.97 Å². The van der Waals surface area contributed by atoms with Crippen molar-refractivity contribution in [2.24, 2.45) is 0 Å². The number of methoxy groups -OCH3 is 1. The molecule has 3 nitrogen and oxygen atoms in total. The maximum Gasteiger partial charge on any atom is 0.336 e. The Bertz CT molecular complexity index is 272. The van der Waals surface area contributed by atoms with Crippen LogP contribution in [0.3, 0.4) is 0 Å². The summed E-state index contributed by atoms with van der Waals surface area (Å²) in [6.45, 7) is 10.1. The highest BCUT2D eigenvalue weighted by Gasteiger charge is 2.21. The fourth-order valence-electron chi connectivity index (χ4n) is 1.43. The van der Waals surface area contributed by atoms with E-state index in [1.165, 1.54) is 0 Å². The molecule has 100 valence electrons. The maximum absolute atomic E-state index is 12.0. The van der Waals surface area contributed by atoms with E-state index in [0.717, 1.165) is 24.8 Å². The summed E-state index contributed by atoms with van der Waals surface area (Å²) in [5.74, 6) is -0.257. The number of hydrogen-bond donors (Lipinski definition) is 0. The van der Waals surface area contributed by atoms with Crippen LogP contribution in [0.5, 0.6) is 0 Å². The molecule has 0 unspecified atom stereocenters. The van der Waals surface area contributed by atoms with Gasteiger partial charge < -0.3 is 9.47 Å². The lowest BCUT2D eigenvalue weighted by atomic mass is 10.0. The molecule has 0 fully saturated rings. The summed E-state index contributed by atoms with van der Waals surface area (Å²) >= 11 is 0. The summed E-state index contributed by atoms with van der Waals surface area (Å²) in [6, 6.07) is 0. The van der Waals surface area contributed by atoms with Crippen LogP contribution in [0, 0.1) is 0 Å². The van der Waals surface area contributed by atoms with E-state index in [0.29, 0.717) is 12.2 Å². The second kappa shape index (κ2) is 7.49. The standard InChI is InChI=1S/C14H26O3/c1-7-8-9-11(2)12(10-16-6)13(15)17-14(3,4)5/h7-10H2,1-6H3. The first-order chi connectivity index (χ1) is 7.81. The van der Waals surface area contributed by atoms with E-state index in [9.17, 15) is 4.79 Å². The molecule has 3 heteroatoms. The van der Waals surface area contributed by atoms with E-state index >= 15 is 0 Å². The Labute approximate surface area is 105 Å². The van der Waals surface area contributed by atoms with E-state index < -0.39 is 5.60 Å². The molecule has 0 aliphatic carbocycles. The van der Waals surface area contributed by atoms with Gasteiger partial charge in [0.15, 0.2) is 0 Å². The monoisotopic (exact) mass is 242 g/mol. The van der Waals surface area contributed by atoms with Crippen molar-refractivity contribution in [3.63, 3.8) is 0 Å². The number of ether oxygens (including phenoxy) is 2. The van der Waals surface area contributed by atoms with Crippen LogP contribution in [-0.2, 0) is 14.3 Å². The molecule has 0 aliphatic rings. The molecule has 0 spiro atoms. The van der Waals surface area contributed by atoms with Crippen LogP contribution in [0.2, 0.25) is 0 Å². The van der Waals surface area contributed by atoms with Gasteiger partial charge in [0.1, 0.15) is 5.60 Å². The highest BCUT2D eigenvalue weighted by atomic mass is 16.6. The van der Waals surface area contributed by atoms with E-state index in [4.69, 9.17) is 9.47 Å². The van der Waals surface area contributed by atoms with Gasteiger partial charge in [-0.3, -0.25) is 0 Å². The third-order valence-electron chi connectivity index (χ3n) is 2.35. The molecular weight excluding hydrogens is 216 g/mol. The molecule has 0 bridgehead atoms. The Morgan fingerprint density at radius 3 is 2.24 bits per heavy atom. The van der Waals surface area contributed by atoms with Gasteiger partial charge in [-0.05, 0) is 40.5 Å². The number of carbonyl (C=O) groups excluding carboxylic acids is 1. The zero-order chi connectivity index (χ0) is 13.5. The minimum absolute atomic E-state index is 0.257.